The smallest absolute Gasteiger partial charge is 0.407 e. The normalized spacial score (nSPS) is 27.0. The molecule has 5 nitrogen and oxygen atoms in total. The third kappa shape index (κ3) is 6.25. The topological polar surface area (TPSA) is 76.4 Å². The molecule has 0 saturated heterocycles. The minimum absolute atomic E-state index is 0.314. The van der Waals surface area contributed by atoms with E-state index < -0.39 is 5.60 Å². The van der Waals surface area contributed by atoms with Crippen molar-refractivity contribution < 1.29 is 9.53 Å². The fraction of sp³-hybridized carbons (Fsp3) is 0.947. The molecule has 140 valence electrons. The van der Waals surface area contributed by atoms with Crippen LogP contribution < -0.4 is 16.4 Å². The Morgan fingerprint density at radius 3 is 2.38 bits per heavy atom. The van der Waals surface area contributed by atoms with E-state index >= 15 is 0 Å². The molecule has 0 aromatic rings. The van der Waals surface area contributed by atoms with Gasteiger partial charge < -0.3 is 21.1 Å². The van der Waals surface area contributed by atoms with E-state index in [4.69, 9.17) is 10.5 Å². The average molecular weight is 340 g/mol. The van der Waals surface area contributed by atoms with Crippen molar-refractivity contribution in [1.82, 2.24) is 10.6 Å². The van der Waals surface area contributed by atoms with Gasteiger partial charge in [0, 0.05) is 18.6 Å². The predicted octanol–water partition coefficient (Wildman–Crippen LogP) is 3.18. The molecule has 2 rings (SSSR count). The maximum absolute atomic E-state index is 12.0. The van der Waals surface area contributed by atoms with Gasteiger partial charge in [-0.25, -0.2) is 4.79 Å². The molecule has 0 aromatic heterocycles. The molecular weight excluding hydrogens is 302 g/mol. The number of rotatable bonds is 6. The predicted molar refractivity (Wildman–Crippen MR) is 97.9 cm³/mol. The second-order valence-electron chi connectivity index (χ2n) is 8.59. The molecule has 24 heavy (non-hydrogen) atoms. The van der Waals surface area contributed by atoms with Crippen molar-refractivity contribution in [1.29, 1.82) is 0 Å². The molecule has 2 aliphatic rings. The molecule has 0 radical (unpaired) electrons. The Hall–Kier alpha value is -0.810. The first-order valence-corrected chi connectivity index (χ1v) is 9.82. The van der Waals surface area contributed by atoms with Gasteiger partial charge in [-0.15, -0.1) is 0 Å². The Kier molecular flexibility index (Phi) is 7.35. The van der Waals surface area contributed by atoms with Crippen LogP contribution in [0.1, 0.15) is 72.1 Å². The average Bonchev–Trinajstić information content (AvgIpc) is 3.04. The van der Waals surface area contributed by atoms with Gasteiger partial charge in [-0.2, -0.15) is 0 Å². The van der Waals surface area contributed by atoms with E-state index in [1.165, 1.54) is 51.4 Å². The second kappa shape index (κ2) is 9.04. The third-order valence-electron chi connectivity index (χ3n) is 5.47. The largest absolute Gasteiger partial charge is 0.444 e. The summed E-state index contributed by atoms with van der Waals surface area (Å²) in [7, 11) is 0. The van der Waals surface area contributed by atoms with Crippen LogP contribution in [0.5, 0.6) is 0 Å². The van der Waals surface area contributed by atoms with Crippen molar-refractivity contribution in [2.75, 3.05) is 13.1 Å². The standard InChI is InChI=1S/C19H37N3O2/c1-19(2,3)24-18(23)21-13-17(14-8-4-5-9-14)22-16-11-7-6-10-15(16)12-20/h14-17,22H,4-13,20H2,1-3H3,(H,21,23). The van der Waals surface area contributed by atoms with Gasteiger partial charge in [0.25, 0.3) is 0 Å². The number of alkyl carbamates (subject to hydrolysis) is 1. The molecule has 0 bridgehead atoms. The van der Waals surface area contributed by atoms with Crippen molar-refractivity contribution in [2.45, 2.75) is 89.8 Å². The Morgan fingerprint density at radius 2 is 1.75 bits per heavy atom. The van der Waals surface area contributed by atoms with Gasteiger partial charge in [-0.3, -0.25) is 0 Å². The second-order valence-corrected chi connectivity index (χ2v) is 8.59. The monoisotopic (exact) mass is 339 g/mol. The van der Waals surface area contributed by atoms with Crippen molar-refractivity contribution in [2.24, 2.45) is 17.6 Å². The SMILES string of the molecule is CC(C)(C)OC(=O)NCC(NC1CCCCC1CN)C1CCCC1. The molecule has 0 heterocycles. The summed E-state index contributed by atoms with van der Waals surface area (Å²) in [6.07, 6.45) is 9.83. The molecule has 5 heteroatoms. The number of carbonyl (C=O) groups is 1. The molecule has 2 fully saturated rings. The molecule has 3 unspecified atom stereocenters. The molecule has 4 N–H and O–H groups in total. The van der Waals surface area contributed by atoms with E-state index in [2.05, 4.69) is 10.6 Å². The number of amides is 1. The Bertz CT molecular complexity index is 389. The lowest BCUT2D eigenvalue weighted by Gasteiger charge is -2.37. The van der Waals surface area contributed by atoms with Crippen LogP contribution in [0.25, 0.3) is 0 Å². The van der Waals surface area contributed by atoms with Crippen molar-refractivity contribution in [3.8, 4) is 0 Å². The molecule has 1 amide bonds. The van der Waals surface area contributed by atoms with Crippen LogP contribution in [0.3, 0.4) is 0 Å². The van der Waals surface area contributed by atoms with E-state index in [-0.39, 0.29) is 6.09 Å². The van der Waals surface area contributed by atoms with E-state index in [0.29, 0.717) is 30.5 Å². The van der Waals surface area contributed by atoms with Crippen molar-refractivity contribution in [3.05, 3.63) is 0 Å². The molecular formula is C19H37N3O2. The molecule has 2 aliphatic carbocycles. The lowest BCUT2D eigenvalue weighted by molar-refractivity contribution is 0.0515. The zero-order chi connectivity index (χ0) is 17.6. The number of hydrogen-bond donors (Lipinski definition) is 3. The number of nitrogens with one attached hydrogen (secondary N) is 2. The van der Waals surface area contributed by atoms with E-state index in [1.54, 1.807) is 0 Å². The first-order valence-electron chi connectivity index (χ1n) is 9.82. The Labute approximate surface area is 147 Å². The maximum atomic E-state index is 12.0. The number of hydrogen-bond acceptors (Lipinski definition) is 4. The van der Waals surface area contributed by atoms with Crippen LogP contribution in [0.2, 0.25) is 0 Å². The van der Waals surface area contributed by atoms with Gasteiger partial charge in [0.05, 0.1) is 0 Å². The summed E-state index contributed by atoms with van der Waals surface area (Å²) in [6, 6.07) is 0.826. The highest BCUT2D eigenvalue weighted by Crippen LogP contribution is 2.30. The Balaban J connectivity index is 1.90. The number of carbonyl (C=O) groups excluding carboxylic acids is 1. The van der Waals surface area contributed by atoms with Gasteiger partial charge >= 0.3 is 6.09 Å². The highest BCUT2D eigenvalue weighted by atomic mass is 16.6. The quantitative estimate of drug-likeness (QED) is 0.695. The van der Waals surface area contributed by atoms with E-state index in [1.807, 2.05) is 20.8 Å². The van der Waals surface area contributed by atoms with Crippen LogP contribution in [-0.4, -0.2) is 36.9 Å². The zero-order valence-electron chi connectivity index (χ0n) is 15.8. The minimum atomic E-state index is -0.450. The van der Waals surface area contributed by atoms with Crippen LogP contribution in [-0.2, 0) is 4.74 Å². The lowest BCUT2D eigenvalue weighted by Crippen LogP contribution is -2.53. The first kappa shape index (κ1) is 19.5. The first-order chi connectivity index (χ1) is 11.4. The fourth-order valence-corrected chi connectivity index (χ4v) is 4.21. The van der Waals surface area contributed by atoms with Crippen molar-refractivity contribution in [3.63, 3.8) is 0 Å². The highest BCUT2D eigenvalue weighted by molar-refractivity contribution is 5.67. The summed E-state index contributed by atoms with van der Waals surface area (Å²) in [4.78, 5) is 12.0. The molecule has 0 spiro atoms. The van der Waals surface area contributed by atoms with E-state index in [0.717, 1.165) is 6.54 Å². The maximum Gasteiger partial charge on any atom is 0.407 e. The lowest BCUT2D eigenvalue weighted by atomic mass is 9.83. The molecule has 2 saturated carbocycles. The summed E-state index contributed by atoms with van der Waals surface area (Å²) < 4.78 is 5.39. The highest BCUT2D eigenvalue weighted by Gasteiger charge is 2.31. The molecule has 3 atom stereocenters. The van der Waals surface area contributed by atoms with Crippen LogP contribution in [0.15, 0.2) is 0 Å². The van der Waals surface area contributed by atoms with Gasteiger partial charge in [0.2, 0.25) is 0 Å². The Morgan fingerprint density at radius 1 is 1.12 bits per heavy atom. The molecule has 0 aromatic carbocycles. The summed E-state index contributed by atoms with van der Waals surface area (Å²) in [5.41, 5.74) is 5.53. The minimum Gasteiger partial charge on any atom is -0.444 e. The van der Waals surface area contributed by atoms with Crippen LogP contribution in [0, 0.1) is 11.8 Å². The van der Waals surface area contributed by atoms with Crippen LogP contribution in [0.4, 0.5) is 4.79 Å². The zero-order valence-corrected chi connectivity index (χ0v) is 15.8. The van der Waals surface area contributed by atoms with Crippen molar-refractivity contribution >= 4 is 6.09 Å². The number of ether oxygens (including phenoxy) is 1. The van der Waals surface area contributed by atoms with Gasteiger partial charge in [-0.05, 0) is 64.8 Å². The fourth-order valence-electron chi connectivity index (χ4n) is 4.21. The van der Waals surface area contributed by atoms with Gasteiger partial charge in [0.15, 0.2) is 0 Å². The number of nitrogens with two attached hydrogens (primary N) is 1. The molecule has 0 aliphatic heterocycles. The van der Waals surface area contributed by atoms with Gasteiger partial charge in [-0.1, -0.05) is 25.7 Å². The van der Waals surface area contributed by atoms with E-state index in [9.17, 15) is 4.79 Å². The summed E-state index contributed by atoms with van der Waals surface area (Å²) in [5.74, 6) is 1.23. The summed E-state index contributed by atoms with van der Waals surface area (Å²) in [5, 5.41) is 6.85. The van der Waals surface area contributed by atoms with Crippen LogP contribution >= 0.6 is 0 Å². The summed E-state index contributed by atoms with van der Waals surface area (Å²) in [6.45, 7) is 7.09. The van der Waals surface area contributed by atoms with Gasteiger partial charge in [0.1, 0.15) is 5.60 Å². The summed E-state index contributed by atoms with van der Waals surface area (Å²) >= 11 is 0. The third-order valence-corrected chi connectivity index (χ3v) is 5.47.